The van der Waals surface area contributed by atoms with E-state index in [4.69, 9.17) is 0 Å². The molecule has 1 aromatic rings. The molecule has 3 saturated carbocycles. The molecule has 0 saturated heterocycles. The van der Waals surface area contributed by atoms with Crippen LogP contribution in [0.15, 0.2) is 30.4 Å². The molecular formula is C25H34F2. The largest absolute Gasteiger partial charge is 0.207 e. The summed E-state index contributed by atoms with van der Waals surface area (Å²) in [6, 6.07) is 4.12. The Balaban J connectivity index is 1.38. The number of rotatable bonds is 4. The van der Waals surface area contributed by atoms with Gasteiger partial charge in [-0.1, -0.05) is 25.5 Å². The van der Waals surface area contributed by atoms with Crippen molar-refractivity contribution in [1.29, 1.82) is 0 Å². The van der Waals surface area contributed by atoms with Gasteiger partial charge < -0.3 is 0 Å². The molecule has 3 aliphatic carbocycles. The summed E-state index contributed by atoms with van der Waals surface area (Å²) < 4.78 is 27.3. The summed E-state index contributed by atoms with van der Waals surface area (Å²) in [6.45, 7) is 2.25. The zero-order chi connectivity index (χ0) is 18.8. The SMILES string of the molecule is CCCC=CC1CCC2C(CCC3CC(c4cc(F)cc(F)c4)CCC32)C1. The molecular weight excluding hydrogens is 338 g/mol. The highest BCUT2D eigenvalue weighted by atomic mass is 19.1. The van der Waals surface area contributed by atoms with Crippen LogP contribution in [-0.2, 0) is 0 Å². The van der Waals surface area contributed by atoms with Crippen molar-refractivity contribution in [3.63, 3.8) is 0 Å². The second-order valence-corrected chi connectivity index (χ2v) is 9.43. The van der Waals surface area contributed by atoms with Gasteiger partial charge in [0.1, 0.15) is 11.6 Å². The minimum absolute atomic E-state index is 0.348. The molecule has 0 aliphatic heterocycles. The molecule has 148 valence electrons. The van der Waals surface area contributed by atoms with E-state index in [0.717, 1.165) is 54.1 Å². The molecule has 0 radical (unpaired) electrons. The molecule has 0 amide bonds. The summed E-state index contributed by atoms with van der Waals surface area (Å²) in [5.74, 6) is 3.75. The predicted octanol–water partition coefficient (Wildman–Crippen LogP) is 7.65. The Hall–Kier alpha value is -1.18. The van der Waals surface area contributed by atoms with E-state index in [1.165, 1.54) is 51.4 Å². The molecule has 0 spiro atoms. The second kappa shape index (κ2) is 8.45. The Morgan fingerprint density at radius 3 is 2.22 bits per heavy atom. The molecule has 0 bridgehead atoms. The van der Waals surface area contributed by atoms with Crippen molar-refractivity contribution in [3.05, 3.63) is 47.5 Å². The first-order chi connectivity index (χ1) is 13.1. The van der Waals surface area contributed by atoms with Crippen molar-refractivity contribution in [2.24, 2.45) is 29.6 Å². The third-order valence-corrected chi connectivity index (χ3v) is 7.80. The zero-order valence-corrected chi connectivity index (χ0v) is 16.7. The van der Waals surface area contributed by atoms with E-state index >= 15 is 0 Å². The number of allylic oxidation sites excluding steroid dienone is 2. The van der Waals surface area contributed by atoms with E-state index in [2.05, 4.69) is 19.1 Å². The fourth-order valence-electron chi connectivity index (χ4n) is 6.57. The Kier molecular flexibility index (Phi) is 5.99. The third-order valence-electron chi connectivity index (χ3n) is 7.80. The van der Waals surface area contributed by atoms with Crippen molar-refractivity contribution in [2.45, 2.75) is 77.0 Å². The van der Waals surface area contributed by atoms with Gasteiger partial charge in [0, 0.05) is 6.07 Å². The monoisotopic (exact) mass is 372 g/mol. The van der Waals surface area contributed by atoms with Gasteiger partial charge in [0.25, 0.3) is 0 Å². The molecule has 3 aliphatic rings. The Bertz CT molecular complexity index is 644. The van der Waals surface area contributed by atoms with Crippen LogP contribution in [0.2, 0.25) is 0 Å². The van der Waals surface area contributed by atoms with E-state index in [0.29, 0.717) is 5.92 Å². The number of hydrogen-bond acceptors (Lipinski definition) is 0. The number of benzene rings is 1. The van der Waals surface area contributed by atoms with Gasteiger partial charge in [-0.3, -0.25) is 0 Å². The smallest absolute Gasteiger partial charge is 0.126 e. The average molecular weight is 373 g/mol. The molecule has 6 unspecified atom stereocenters. The molecule has 1 aromatic carbocycles. The molecule has 6 atom stereocenters. The van der Waals surface area contributed by atoms with Gasteiger partial charge in [-0.2, -0.15) is 0 Å². The van der Waals surface area contributed by atoms with Gasteiger partial charge in [0.15, 0.2) is 0 Å². The maximum absolute atomic E-state index is 13.6. The molecule has 4 rings (SSSR count). The number of fused-ring (bicyclic) bond motifs is 3. The molecule has 0 heterocycles. The van der Waals surface area contributed by atoms with Gasteiger partial charge >= 0.3 is 0 Å². The topological polar surface area (TPSA) is 0 Å². The van der Waals surface area contributed by atoms with Gasteiger partial charge in [0.05, 0.1) is 0 Å². The Morgan fingerprint density at radius 1 is 0.852 bits per heavy atom. The molecule has 0 aromatic heterocycles. The van der Waals surface area contributed by atoms with Crippen LogP contribution in [0.3, 0.4) is 0 Å². The van der Waals surface area contributed by atoms with Crippen LogP contribution in [0.1, 0.15) is 82.6 Å². The summed E-state index contributed by atoms with van der Waals surface area (Å²) in [6.07, 6.45) is 17.7. The van der Waals surface area contributed by atoms with Crippen LogP contribution in [0.5, 0.6) is 0 Å². The molecule has 0 nitrogen and oxygen atoms in total. The summed E-state index contributed by atoms with van der Waals surface area (Å²) in [5.41, 5.74) is 0.887. The van der Waals surface area contributed by atoms with Crippen molar-refractivity contribution in [3.8, 4) is 0 Å². The van der Waals surface area contributed by atoms with E-state index < -0.39 is 11.6 Å². The van der Waals surface area contributed by atoms with Crippen LogP contribution in [-0.4, -0.2) is 0 Å². The van der Waals surface area contributed by atoms with Gasteiger partial charge in [-0.15, -0.1) is 0 Å². The standard InChI is InChI=1S/C25H34F2/c1-2-3-4-5-17-6-10-24-19(12-17)7-8-20-13-18(9-11-25(20)24)21-14-22(26)16-23(27)15-21/h4-5,14-20,24-25H,2-3,6-13H2,1H3. The highest BCUT2D eigenvalue weighted by Gasteiger charge is 2.44. The summed E-state index contributed by atoms with van der Waals surface area (Å²) in [4.78, 5) is 0. The number of unbranched alkanes of at least 4 members (excludes halogenated alkanes) is 1. The lowest BCUT2D eigenvalue weighted by molar-refractivity contribution is 0.0127. The van der Waals surface area contributed by atoms with Crippen LogP contribution in [0.25, 0.3) is 0 Å². The first kappa shape index (κ1) is 19.2. The summed E-state index contributed by atoms with van der Waals surface area (Å²) in [7, 11) is 0. The molecule has 3 fully saturated rings. The highest BCUT2D eigenvalue weighted by Crippen LogP contribution is 2.54. The van der Waals surface area contributed by atoms with E-state index in [1.807, 2.05) is 0 Å². The summed E-state index contributed by atoms with van der Waals surface area (Å²) in [5, 5.41) is 0. The lowest BCUT2D eigenvalue weighted by Crippen LogP contribution is -2.41. The van der Waals surface area contributed by atoms with Crippen molar-refractivity contribution in [2.75, 3.05) is 0 Å². The van der Waals surface area contributed by atoms with Gasteiger partial charge in [0.2, 0.25) is 0 Å². The lowest BCUT2D eigenvalue weighted by atomic mass is 9.55. The van der Waals surface area contributed by atoms with Crippen LogP contribution < -0.4 is 0 Å². The van der Waals surface area contributed by atoms with Gasteiger partial charge in [-0.05, 0) is 111 Å². The molecule has 0 N–H and O–H groups in total. The van der Waals surface area contributed by atoms with Crippen molar-refractivity contribution in [1.82, 2.24) is 0 Å². The minimum atomic E-state index is -0.426. The Morgan fingerprint density at radius 2 is 1.52 bits per heavy atom. The predicted molar refractivity (Wildman–Crippen MR) is 108 cm³/mol. The first-order valence-corrected chi connectivity index (χ1v) is 11.3. The molecule has 2 heteroatoms. The van der Waals surface area contributed by atoms with Gasteiger partial charge in [-0.25, -0.2) is 8.78 Å². The number of halogens is 2. The fraction of sp³-hybridized carbons (Fsp3) is 0.680. The van der Waals surface area contributed by atoms with Crippen LogP contribution in [0, 0.1) is 41.2 Å². The maximum atomic E-state index is 13.6. The van der Waals surface area contributed by atoms with Crippen LogP contribution >= 0.6 is 0 Å². The number of hydrogen-bond donors (Lipinski definition) is 0. The minimum Gasteiger partial charge on any atom is -0.207 e. The zero-order valence-electron chi connectivity index (χ0n) is 16.7. The Labute approximate surface area is 163 Å². The normalized spacial score (nSPS) is 36.4. The molecule has 27 heavy (non-hydrogen) atoms. The quantitative estimate of drug-likeness (QED) is 0.476. The third kappa shape index (κ3) is 4.30. The lowest BCUT2D eigenvalue weighted by Gasteiger charge is -2.50. The maximum Gasteiger partial charge on any atom is 0.126 e. The van der Waals surface area contributed by atoms with E-state index in [1.54, 1.807) is 12.1 Å². The fourth-order valence-corrected chi connectivity index (χ4v) is 6.57. The summed E-state index contributed by atoms with van der Waals surface area (Å²) >= 11 is 0. The average Bonchev–Trinajstić information content (AvgIpc) is 2.66. The van der Waals surface area contributed by atoms with E-state index in [9.17, 15) is 8.78 Å². The van der Waals surface area contributed by atoms with Crippen molar-refractivity contribution < 1.29 is 8.78 Å². The van der Waals surface area contributed by atoms with Crippen molar-refractivity contribution >= 4 is 0 Å². The second-order valence-electron chi connectivity index (χ2n) is 9.43. The van der Waals surface area contributed by atoms with E-state index in [-0.39, 0.29) is 0 Å². The highest BCUT2D eigenvalue weighted by molar-refractivity contribution is 5.23. The first-order valence-electron chi connectivity index (χ1n) is 11.3. The van der Waals surface area contributed by atoms with Crippen LogP contribution in [0.4, 0.5) is 8.78 Å².